The van der Waals surface area contributed by atoms with Crippen LogP contribution in [0, 0.1) is 0 Å². The molecule has 0 radical (unpaired) electrons. The molecule has 2 nitrogen and oxygen atoms in total. The van der Waals surface area contributed by atoms with Crippen molar-refractivity contribution in [2.45, 2.75) is 6.42 Å². The van der Waals surface area contributed by atoms with Crippen molar-refractivity contribution in [3.63, 3.8) is 0 Å². The topological polar surface area (TPSA) is 37.3 Å². The normalized spacial score (nSPS) is 11.4. The lowest BCUT2D eigenvalue weighted by Gasteiger charge is -2.06. The van der Waals surface area contributed by atoms with E-state index in [4.69, 9.17) is 5.11 Å². The Kier molecular flexibility index (Phi) is 5.27. The molecule has 0 saturated carbocycles. The van der Waals surface area contributed by atoms with Crippen molar-refractivity contribution in [2.75, 3.05) is 6.61 Å². The zero-order valence-corrected chi connectivity index (χ0v) is 12.5. The van der Waals surface area contributed by atoms with E-state index >= 15 is 0 Å². The van der Waals surface area contributed by atoms with Gasteiger partial charge in [-0.1, -0.05) is 58.4 Å². The Morgan fingerprint density at radius 3 is 2.30 bits per heavy atom. The molecule has 0 aliphatic carbocycles. The number of ketones is 1. The van der Waals surface area contributed by atoms with Crippen molar-refractivity contribution in [1.29, 1.82) is 0 Å². The summed E-state index contributed by atoms with van der Waals surface area (Å²) in [5, 5.41) is 9.15. The second kappa shape index (κ2) is 7.17. The fourth-order valence-electron chi connectivity index (χ4n) is 1.91. The monoisotopic (exact) mass is 330 g/mol. The van der Waals surface area contributed by atoms with Crippen LogP contribution >= 0.6 is 15.9 Å². The molecule has 20 heavy (non-hydrogen) atoms. The number of Topliss-reactive ketones (excluding diaryl/α,β-unsaturated/α-hetero) is 1. The molecular formula is C17H15BrO2. The molecule has 0 aliphatic rings. The number of aliphatic hydroxyl groups excluding tert-OH is 1. The molecule has 0 unspecified atom stereocenters. The number of carbonyl (C=O) groups excluding carboxylic acids is 1. The second-order valence-corrected chi connectivity index (χ2v) is 5.31. The number of rotatable bonds is 5. The summed E-state index contributed by atoms with van der Waals surface area (Å²) in [6.45, 7) is -0.0407. The number of carbonyl (C=O) groups is 1. The van der Waals surface area contributed by atoms with Crippen LogP contribution in [-0.4, -0.2) is 17.5 Å². The number of aliphatic hydroxyl groups is 1. The summed E-state index contributed by atoms with van der Waals surface area (Å²) in [5.74, 6) is -0.0393. The molecule has 0 spiro atoms. The molecule has 0 aromatic heterocycles. The lowest BCUT2D eigenvalue weighted by atomic mass is 9.99. The van der Waals surface area contributed by atoms with Crippen molar-refractivity contribution in [1.82, 2.24) is 0 Å². The maximum atomic E-state index is 12.4. The maximum absolute atomic E-state index is 12.4. The number of hydrogen-bond acceptors (Lipinski definition) is 2. The Hall–Kier alpha value is -1.71. The average molecular weight is 331 g/mol. The Morgan fingerprint density at radius 1 is 1.05 bits per heavy atom. The van der Waals surface area contributed by atoms with E-state index in [9.17, 15) is 4.79 Å². The smallest absolute Gasteiger partial charge is 0.189 e. The van der Waals surface area contributed by atoms with Gasteiger partial charge in [0.05, 0.1) is 0 Å². The van der Waals surface area contributed by atoms with Crippen molar-refractivity contribution < 1.29 is 9.90 Å². The first kappa shape index (κ1) is 14.7. The zero-order chi connectivity index (χ0) is 14.4. The molecule has 0 aliphatic heterocycles. The molecule has 2 rings (SSSR count). The van der Waals surface area contributed by atoms with E-state index in [1.165, 1.54) is 0 Å². The standard InChI is InChI=1S/C17H15BrO2/c18-16-8-6-13(7-9-16)12-15(10-11-19)17(20)14-4-2-1-3-5-14/h1-9,12,19H,10-11H2/b15-12+. The van der Waals surface area contributed by atoms with Crippen LogP contribution < -0.4 is 0 Å². The first-order chi connectivity index (χ1) is 9.70. The fourth-order valence-corrected chi connectivity index (χ4v) is 2.17. The SMILES string of the molecule is O=C(/C(=C/c1ccc(Br)cc1)CCO)c1ccccc1. The number of benzene rings is 2. The molecule has 0 atom stereocenters. The van der Waals surface area contributed by atoms with Crippen molar-refractivity contribution in [2.24, 2.45) is 0 Å². The summed E-state index contributed by atoms with van der Waals surface area (Å²) in [6, 6.07) is 16.8. The van der Waals surface area contributed by atoms with E-state index in [1.807, 2.05) is 48.5 Å². The molecule has 3 heteroatoms. The summed E-state index contributed by atoms with van der Waals surface area (Å²) in [6.07, 6.45) is 2.18. The van der Waals surface area contributed by atoms with Crippen molar-refractivity contribution in [3.8, 4) is 0 Å². The second-order valence-electron chi connectivity index (χ2n) is 4.39. The third-order valence-electron chi connectivity index (χ3n) is 2.92. The molecule has 0 saturated heterocycles. The van der Waals surface area contributed by atoms with Gasteiger partial charge in [0.15, 0.2) is 5.78 Å². The van der Waals surface area contributed by atoms with Gasteiger partial charge >= 0.3 is 0 Å². The Morgan fingerprint density at radius 2 is 1.70 bits per heavy atom. The summed E-state index contributed by atoms with van der Waals surface area (Å²) in [4.78, 5) is 12.4. The number of halogens is 1. The Balaban J connectivity index is 2.31. The van der Waals surface area contributed by atoms with E-state index in [0.29, 0.717) is 17.6 Å². The minimum absolute atomic E-state index is 0.0393. The van der Waals surface area contributed by atoms with Crippen LogP contribution in [0.2, 0.25) is 0 Å². The Labute approximate surface area is 126 Å². The van der Waals surface area contributed by atoms with Gasteiger partial charge in [0.25, 0.3) is 0 Å². The van der Waals surface area contributed by atoms with Gasteiger partial charge in [0, 0.05) is 22.2 Å². The summed E-state index contributed by atoms with van der Waals surface area (Å²) < 4.78 is 0.993. The fraction of sp³-hybridized carbons (Fsp3) is 0.118. The van der Waals surface area contributed by atoms with Crippen LogP contribution in [0.25, 0.3) is 6.08 Å². The summed E-state index contributed by atoms with van der Waals surface area (Å²) in [5.41, 5.74) is 2.20. The van der Waals surface area contributed by atoms with Crippen LogP contribution in [0.4, 0.5) is 0 Å². The molecule has 2 aromatic carbocycles. The maximum Gasteiger partial charge on any atom is 0.189 e. The van der Waals surface area contributed by atoms with Crippen LogP contribution in [0.5, 0.6) is 0 Å². The van der Waals surface area contributed by atoms with Crippen LogP contribution in [0.15, 0.2) is 64.6 Å². The van der Waals surface area contributed by atoms with Gasteiger partial charge in [-0.15, -0.1) is 0 Å². The van der Waals surface area contributed by atoms with Gasteiger partial charge in [-0.05, 0) is 30.2 Å². The van der Waals surface area contributed by atoms with Gasteiger partial charge in [0.1, 0.15) is 0 Å². The molecule has 0 bridgehead atoms. The Bertz CT molecular complexity index is 601. The predicted octanol–water partition coefficient (Wildman–Crippen LogP) is 4.10. The highest BCUT2D eigenvalue weighted by Crippen LogP contribution is 2.17. The molecule has 102 valence electrons. The van der Waals surface area contributed by atoms with Crippen LogP contribution in [0.1, 0.15) is 22.3 Å². The quantitative estimate of drug-likeness (QED) is 0.662. The largest absolute Gasteiger partial charge is 0.396 e. The van der Waals surface area contributed by atoms with Crippen molar-refractivity contribution in [3.05, 3.63) is 75.8 Å². The molecule has 1 N–H and O–H groups in total. The van der Waals surface area contributed by atoms with Gasteiger partial charge in [-0.25, -0.2) is 0 Å². The van der Waals surface area contributed by atoms with Crippen molar-refractivity contribution >= 4 is 27.8 Å². The molecular weight excluding hydrogens is 316 g/mol. The van der Waals surface area contributed by atoms with Crippen LogP contribution in [-0.2, 0) is 0 Å². The molecule has 2 aromatic rings. The van der Waals surface area contributed by atoms with Gasteiger partial charge in [-0.2, -0.15) is 0 Å². The minimum atomic E-state index is -0.0407. The van der Waals surface area contributed by atoms with Gasteiger partial charge in [-0.3, -0.25) is 4.79 Å². The summed E-state index contributed by atoms with van der Waals surface area (Å²) in [7, 11) is 0. The lowest BCUT2D eigenvalue weighted by molar-refractivity contribution is 0.102. The van der Waals surface area contributed by atoms with Gasteiger partial charge in [0.2, 0.25) is 0 Å². The highest BCUT2D eigenvalue weighted by atomic mass is 79.9. The van der Waals surface area contributed by atoms with Crippen LogP contribution in [0.3, 0.4) is 0 Å². The lowest BCUT2D eigenvalue weighted by Crippen LogP contribution is -2.05. The first-order valence-electron chi connectivity index (χ1n) is 6.37. The van der Waals surface area contributed by atoms with Gasteiger partial charge < -0.3 is 5.11 Å². The third-order valence-corrected chi connectivity index (χ3v) is 3.45. The van der Waals surface area contributed by atoms with E-state index in [-0.39, 0.29) is 12.4 Å². The highest BCUT2D eigenvalue weighted by molar-refractivity contribution is 9.10. The minimum Gasteiger partial charge on any atom is -0.396 e. The highest BCUT2D eigenvalue weighted by Gasteiger charge is 2.11. The molecule has 0 fully saturated rings. The molecule has 0 amide bonds. The third kappa shape index (κ3) is 3.89. The first-order valence-corrected chi connectivity index (χ1v) is 7.17. The predicted molar refractivity (Wildman–Crippen MR) is 84.6 cm³/mol. The van der Waals surface area contributed by atoms with E-state index in [0.717, 1.165) is 10.0 Å². The average Bonchev–Trinajstić information content (AvgIpc) is 2.49. The van der Waals surface area contributed by atoms with E-state index < -0.39 is 0 Å². The zero-order valence-electron chi connectivity index (χ0n) is 10.9. The van der Waals surface area contributed by atoms with E-state index in [1.54, 1.807) is 12.1 Å². The molecule has 0 heterocycles. The van der Waals surface area contributed by atoms with E-state index in [2.05, 4.69) is 15.9 Å². The number of hydrogen-bond donors (Lipinski definition) is 1. The summed E-state index contributed by atoms with van der Waals surface area (Å²) >= 11 is 3.38.